The predicted octanol–water partition coefficient (Wildman–Crippen LogP) is 6.17. The summed E-state index contributed by atoms with van der Waals surface area (Å²) in [5, 5.41) is 0. The van der Waals surface area contributed by atoms with Crippen molar-refractivity contribution in [1.82, 2.24) is 0 Å². The third kappa shape index (κ3) is 4.27. The molecule has 2 aliphatic rings. The van der Waals surface area contributed by atoms with Gasteiger partial charge in [-0.05, 0) is 93.9 Å². The van der Waals surface area contributed by atoms with Crippen LogP contribution in [0.1, 0.15) is 49.0 Å². The maximum Gasteiger partial charge on any atom is 0.241 e. The summed E-state index contributed by atoms with van der Waals surface area (Å²) >= 11 is 0. The van der Waals surface area contributed by atoms with Crippen molar-refractivity contribution in [2.45, 2.75) is 59.2 Å². The van der Waals surface area contributed by atoms with Crippen LogP contribution in [0.3, 0.4) is 0 Å². The minimum absolute atomic E-state index is 0.0308. The Morgan fingerprint density at radius 3 is 2.54 bits per heavy atom. The zero-order chi connectivity index (χ0) is 20.6. The molecular formula is C24H34O3Si. The highest BCUT2D eigenvalue weighted by Crippen LogP contribution is 2.45. The summed E-state index contributed by atoms with van der Waals surface area (Å²) in [5.74, 6) is 2.89. The number of fused-ring (bicyclic) bond motifs is 1. The van der Waals surface area contributed by atoms with E-state index in [9.17, 15) is 4.79 Å². The standard InChI is InChI=1S/C24H34O3Si/c1-15(2)18-13-22(16(3)23(14-18)27-28(5,6)7)21-10-8-17-12-19(26-4)9-11-20(17)24(21)25/h9,11-12,18,21-22H,1,8,10,13-14H2,2-7H3/t18-,21-,22-/m1/s1. The zero-order valence-corrected chi connectivity index (χ0v) is 19.2. The summed E-state index contributed by atoms with van der Waals surface area (Å²) in [5.41, 5.74) is 4.47. The van der Waals surface area contributed by atoms with Gasteiger partial charge in [0, 0.05) is 17.9 Å². The molecule has 0 fully saturated rings. The van der Waals surface area contributed by atoms with E-state index in [-0.39, 0.29) is 17.6 Å². The van der Waals surface area contributed by atoms with Gasteiger partial charge in [0.2, 0.25) is 8.32 Å². The Morgan fingerprint density at radius 1 is 1.21 bits per heavy atom. The van der Waals surface area contributed by atoms with E-state index in [4.69, 9.17) is 9.16 Å². The number of hydrogen-bond acceptors (Lipinski definition) is 3. The highest BCUT2D eigenvalue weighted by molar-refractivity contribution is 6.70. The number of carbonyl (C=O) groups is 1. The van der Waals surface area contributed by atoms with Gasteiger partial charge in [0.05, 0.1) is 12.9 Å². The van der Waals surface area contributed by atoms with Gasteiger partial charge < -0.3 is 9.16 Å². The molecule has 0 saturated heterocycles. The lowest BCUT2D eigenvalue weighted by Crippen LogP contribution is -2.35. The lowest BCUT2D eigenvalue weighted by atomic mass is 9.67. The van der Waals surface area contributed by atoms with Crippen LogP contribution in [0.15, 0.2) is 41.7 Å². The van der Waals surface area contributed by atoms with Gasteiger partial charge in [-0.1, -0.05) is 12.2 Å². The minimum Gasteiger partial charge on any atom is -0.547 e. The van der Waals surface area contributed by atoms with Crippen LogP contribution >= 0.6 is 0 Å². The van der Waals surface area contributed by atoms with E-state index in [1.165, 1.54) is 11.1 Å². The van der Waals surface area contributed by atoms with Crippen LogP contribution in [0, 0.1) is 17.8 Å². The van der Waals surface area contributed by atoms with Gasteiger partial charge in [0.1, 0.15) is 5.75 Å². The Kier molecular flexibility index (Phi) is 5.90. The molecule has 28 heavy (non-hydrogen) atoms. The number of Topliss-reactive ketones (excluding diaryl/α,β-unsaturated/α-hetero) is 1. The number of ketones is 1. The largest absolute Gasteiger partial charge is 0.547 e. The molecule has 3 nitrogen and oxygen atoms in total. The van der Waals surface area contributed by atoms with E-state index in [0.717, 1.165) is 48.3 Å². The van der Waals surface area contributed by atoms with Gasteiger partial charge >= 0.3 is 0 Å². The first-order valence-electron chi connectivity index (χ1n) is 10.4. The Bertz CT molecular complexity index is 816. The molecule has 0 aliphatic heterocycles. The number of ether oxygens (including phenoxy) is 1. The fourth-order valence-corrected chi connectivity index (χ4v) is 5.64. The quantitative estimate of drug-likeness (QED) is 0.439. The van der Waals surface area contributed by atoms with Crippen LogP contribution in [0.25, 0.3) is 0 Å². The summed E-state index contributed by atoms with van der Waals surface area (Å²) in [6.07, 6.45) is 3.75. The normalized spacial score (nSPS) is 25.4. The first-order chi connectivity index (χ1) is 13.1. The highest BCUT2D eigenvalue weighted by Gasteiger charge is 2.40. The Balaban J connectivity index is 1.94. The first-order valence-corrected chi connectivity index (χ1v) is 13.8. The SMILES string of the molecule is C=C(C)[C@H]1CC(O[Si](C)(C)C)=C(C)[C@H]([C@H]2CCc3cc(OC)ccc3C2=O)C1. The molecule has 0 radical (unpaired) electrons. The number of carbonyl (C=O) groups excluding carboxylic acids is 1. The summed E-state index contributed by atoms with van der Waals surface area (Å²) < 4.78 is 11.8. The second-order valence-corrected chi connectivity index (χ2v) is 13.9. The van der Waals surface area contributed by atoms with Crippen molar-refractivity contribution in [2.24, 2.45) is 17.8 Å². The van der Waals surface area contributed by atoms with Crippen molar-refractivity contribution in [2.75, 3.05) is 7.11 Å². The molecule has 4 heteroatoms. The molecule has 0 bridgehead atoms. The van der Waals surface area contributed by atoms with Crippen LogP contribution in [0.5, 0.6) is 5.75 Å². The molecule has 0 heterocycles. The van der Waals surface area contributed by atoms with Crippen LogP contribution in [0.4, 0.5) is 0 Å². The van der Waals surface area contributed by atoms with E-state index in [1.54, 1.807) is 7.11 Å². The molecule has 0 unspecified atom stereocenters. The molecule has 0 spiro atoms. The summed E-state index contributed by atoms with van der Waals surface area (Å²) in [6, 6.07) is 5.86. The van der Waals surface area contributed by atoms with Gasteiger partial charge in [-0.2, -0.15) is 0 Å². The third-order valence-corrected chi connectivity index (χ3v) is 7.08. The highest BCUT2D eigenvalue weighted by atomic mass is 28.4. The maximum atomic E-state index is 13.4. The molecule has 2 aliphatic carbocycles. The molecule has 3 rings (SSSR count). The molecule has 1 aromatic rings. The lowest BCUT2D eigenvalue weighted by Gasteiger charge is -2.39. The molecule has 1 aromatic carbocycles. The molecule has 152 valence electrons. The molecule has 0 N–H and O–H groups in total. The summed E-state index contributed by atoms with van der Waals surface area (Å²) in [4.78, 5) is 13.4. The number of methoxy groups -OCH3 is 1. The van der Waals surface area contributed by atoms with E-state index in [1.807, 2.05) is 18.2 Å². The number of hydrogen-bond donors (Lipinski definition) is 0. The molecule has 0 aromatic heterocycles. The van der Waals surface area contributed by atoms with Crippen molar-refractivity contribution < 1.29 is 14.0 Å². The topological polar surface area (TPSA) is 35.5 Å². The Labute approximate surface area is 171 Å². The average molecular weight is 399 g/mol. The smallest absolute Gasteiger partial charge is 0.241 e. The maximum absolute atomic E-state index is 13.4. The van der Waals surface area contributed by atoms with Crippen LogP contribution in [-0.2, 0) is 10.8 Å². The fraction of sp³-hybridized carbons (Fsp3) is 0.542. The van der Waals surface area contributed by atoms with Crippen LogP contribution < -0.4 is 4.74 Å². The van der Waals surface area contributed by atoms with Crippen molar-refractivity contribution in [1.29, 1.82) is 0 Å². The van der Waals surface area contributed by atoms with Crippen LogP contribution in [-0.4, -0.2) is 21.2 Å². The Morgan fingerprint density at radius 2 is 1.93 bits per heavy atom. The van der Waals surface area contributed by atoms with E-state index in [0.29, 0.717) is 5.92 Å². The molecule has 0 saturated carbocycles. The number of benzene rings is 1. The average Bonchev–Trinajstić information content (AvgIpc) is 2.62. The molecular weight excluding hydrogens is 364 g/mol. The number of aryl methyl sites for hydroxylation is 1. The van der Waals surface area contributed by atoms with E-state index < -0.39 is 8.32 Å². The zero-order valence-electron chi connectivity index (χ0n) is 18.2. The second-order valence-electron chi connectivity index (χ2n) is 9.44. The monoisotopic (exact) mass is 398 g/mol. The van der Waals surface area contributed by atoms with Gasteiger partial charge in [0.15, 0.2) is 5.78 Å². The van der Waals surface area contributed by atoms with Crippen molar-refractivity contribution in [3.63, 3.8) is 0 Å². The fourth-order valence-electron chi connectivity index (χ4n) is 4.66. The van der Waals surface area contributed by atoms with Crippen molar-refractivity contribution in [3.8, 4) is 5.75 Å². The third-order valence-electron chi connectivity index (χ3n) is 6.22. The number of rotatable bonds is 5. The van der Waals surface area contributed by atoms with E-state index in [2.05, 4.69) is 40.1 Å². The summed E-state index contributed by atoms with van der Waals surface area (Å²) in [6.45, 7) is 15.2. The minimum atomic E-state index is -1.70. The van der Waals surface area contributed by atoms with Crippen molar-refractivity contribution >= 4 is 14.1 Å². The molecule has 3 atom stereocenters. The first kappa shape index (κ1) is 20.9. The van der Waals surface area contributed by atoms with Gasteiger partial charge in [-0.3, -0.25) is 4.79 Å². The van der Waals surface area contributed by atoms with Crippen LogP contribution in [0.2, 0.25) is 19.6 Å². The van der Waals surface area contributed by atoms with Gasteiger partial charge in [-0.15, -0.1) is 0 Å². The number of allylic oxidation sites excluding steroid dienone is 3. The lowest BCUT2D eigenvalue weighted by molar-refractivity contribution is 0.0842. The summed E-state index contributed by atoms with van der Waals surface area (Å²) in [7, 11) is -0.0316. The predicted molar refractivity (Wildman–Crippen MR) is 117 cm³/mol. The van der Waals surface area contributed by atoms with Gasteiger partial charge in [0.25, 0.3) is 0 Å². The molecule has 0 amide bonds. The van der Waals surface area contributed by atoms with E-state index >= 15 is 0 Å². The van der Waals surface area contributed by atoms with Gasteiger partial charge in [-0.25, -0.2) is 0 Å². The van der Waals surface area contributed by atoms with Crippen molar-refractivity contribution in [3.05, 3.63) is 52.8 Å². The second kappa shape index (κ2) is 7.90. The Hall–Kier alpha value is -1.81.